The Morgan fingerprint density at radius 1 is 0.667 bits per heavy atom. The van der Waals surface area contributed by atoms with Crippen LogP contribution < -0.4 is 0 Å². The minimum absolute atomic E-state index is 0.445. The van der Waals surface area contributed by atoms with Crippen LogP contribution in [0.4, 0.5) is 0 Å². The first-order chi connectivity index (χ1) is 13.4. The van der Waals surface area contributed by atoms with Gasteiger partial charge in [-0.05, 0) is 0 Å². The van der Waals surface area contributed by atoms with Gasteiger partial charge in [-0.25, -0.2) is 4.98 Å². The summed E-state index contributed by atoms with van der Waals surface area (Å²) in [6.45, 7) is 7.44. The molecule has 0 saturated carbocycles. The van der Waals surface area contributed by atoms with Crippen LogP contribution in [-0.4, -0.2) is 96.4 Å². The molecule has 0 spiro atoms. The maximum Gasteiger partial charge on any atom is 0.134 e. The number of rotatable bonds is 20. The monoisotopic (exact) mass is 390 g/mol. The molecule has 0 amide bonds. The van der Waals surface area contributed by atoms with Crippen molar-refractivity contribution in [1.82, 2.24) is 9.55 Å². The van der Waals surface area contributed by atoms with Gasteiger partial charge in [-0.15, -0.1) is 0 Å². The van der Waals surface area contributed by atoms with E-state index in [2.05, 4.69) is 4.98 Å². The third kappa shape index (κ3) is 13.7. The topological polar surface area (TPSA) is 82.4 Å². The molecule has 0 aliphatic heterocycles. The Balaban J connectivity index is 1.96. The lowest BCUT2D eigenvalue weighted by Crippen LogP contribution is -2.14. The summed E-state index contributed by atoms with van der Waals surface area (Å²) in [6, 6.07) is 0. The largest absolute Gasteiger partial charge is 0.382 e. The second-order valence-corrected chi connectivity index (χ2v) is 5.52. The molecule has 0 atom stereocenters. The van der Waals surface area contributed by atoms with Gasteiger partial charge in [-0.3, -0.25) is 0 Å². The van der Waals surface area contributed by atoms with Crippen LogP contribution in [0.3, 0.4) is 0 Å². The highest BCUT2D eigenvalue weighted by atomic mass is 16.6. The van der Waals surface area contributed by atoms with E-state index in [4.69, 9.17) is 33.2 Å². The van der Waals surface area contributed by atoms with Gasteiger partial charge in [0.25, 0.3) is 0 Å². The lowest BCUT2D eigenvalue weighted by atomic mass is 10.5. The third-order valence-corrected chi connectivity index (χ3v) is 3.49. The molecule has 0 radical (unpaired) electrons. The molecular weight excluding hydrogens is 356 g/mol. The van der Waals surface area contributed by atoms with Gasteiger partial charge in [0.2, 0.25) is 0 Å². The molecule has 0 aromatic carbocycles. The van der Waals surface area contributed by atoms with E-state index in [1.54, 1.807) is 20.4 Å². The van der Waals surface area contributed by atoms with Crippen molar-refractivity contribution < 1.29 is 33.2 Å². The van der Waals surface area contributed by atoms with Crippen molar-refractivity contribution >= 4 is 0 Å². The fourth-order valence-corrected chi connectivity index (χ4v) is 2.06. The Hall–Kier alpha value is -1.07. The van der Waals surface area contributed by atoms with Gasteiger partial charge in [-0.2, -0.15) is 0 Å². The number of ether oxygens (including phenoxy) is 7. The molecule has 9 heteroatoms. The fourth-order valence-electron chi connectivity index (χ4n) is 2.06. The van der Waals surface area contributed by atoms with Gasteiger partial charge in [0.15, 0.2) is 0 Å². The molecule has 27 heavy (non-hydrogen) atoms. The number of aromatic nitrogens is 2. The lowest BCUT2D eigenvalue weighted by Gasteiger charge is -2.10. The summed E-state index contributed by atoms with van der Waals surface area (Å²) >= 11 is 0. The second-order valence-electron chi connectivity index (χ2n) is 5.52. The number of hydrogen-bond donors (Lipinski definition) is 0. The average Bonchev–Trinajstić information content (AvgIpc) is 3.12. The zero-order valence-corrected chi connectivity index (χ0v) is 16.6. The SMILES string of the molecule is COCCOCCOCCOCc1nccn1CCOCCOCCOC. The minimum Gasteiger partial charge on any atom is -0.382 e. The molecule has 158 valence electrons. The molecule has 0 aliphatic rings. The molecule has 1 aromatic heterocycles. The van der Waals surface area contributed by atoms with Gasteiger partial charge >= 0.3 is 0 Å². The smallest absolute Gasteiger partial charge is 0.134 e. The van der Waals surface area contributed by atoms with E-state index in [9.17, 15) is 0 Å². The third-order valence-electron chi connectivity index (χ3n) is 3.49. The maximum absolute atomic E-state index is 5.60. The van der Waals surface area contributed by atoms with Crippen molar-refractivity contribution in [2.24, 2.45) is 0 Å². The zero-order valence-electron chi connectivity index (χ0n) is 16.6. The first kappa shape index (κ1) is 24.0. The zero-order chi connectivity index (χ0) is 19.4. The number of nitrogens with zero attached hydrogens (tertiary/aromatic N) is 2. The summed E-state index contributed by atoms with van der Waals surface area (Å²) in [6.07, 6.45) is 3.69. The van der Waals surface area contributed by atoms with Crippen molar-refractivity contribution in [3.63, 3.8) is 0 Å². The normalized spacial score (nSPS) is 11.3. The predicted molar refractivity (Wildman–Crippen MR) is 98.9 cm³/mol. The number of imidazole rings is 1. The highest BCUT2D eigenvalue weighted by molar-refractivity contribution is 4.90. The van der Waals surface area contributed by atoms with Crippen LogP contribution in [0.15, 0.2) is 12.4 Å². The Labute approximate surface area is 161 Å². The Morgan fingerprint density at radius 2 is 1.15 bits per heavy atom. The second kappa shape index (κ2) is 18.3. The summed E-state index contributed by atoms with van der Waals surface area (Å²) in [5.41, 5.74) is 0. The Bertz CT molecular complexity index is 432. The maximum atomic E-state index is 5.60. The van der Waals surface area contributed by atoms with Crippen LogP contribution in [0.1, 0.15) is 5.82 Å². The van der Waals surface area contributed by atoms with Crippen molar-refractivity contribution in [1.29, 1.82) is 0 Å². The standard InChI is InChI=1S/C18H34N2O7/c1-21-7-9-24-12-11-23-6-5-20-4-3-19-18(20)17-27-16-15-26-14-13-25-10-8-22-2/h3-4H,5-17H2,1-2H3. The van der Waals surface area contributed by atoms with Crippen molar-refractivity contribution in [2.45, 2.75) is 13.2 Å². The van der Waals surface area contributed by atoms with Crippen LogP contribution in [0.2, 0.25) is 0 Å². The van der Waals surface area contributed by atoms with Gasteiger partial charge in [0, 0.05) is 33.2 Å². The minimum atomic E-state index is 0.445. The number of hydrogen-bond acceptors (Lipinski definition) is 8. The van der Waals surface area contributed by atoms with Gasteiger partial charge < -0.3 is 37.7 Å². The predicted octanol–water partition coefficient (Wildman–Crippen LogP) is 0.759. The van der Waals surface area contributed by atoms with Crippen LogP contribution in [0.5, 0.6) is 0 Å². The van der Waals surface area contributed by atoms with E-state index >= 15 is 0 Å². The molecule has 0 saturated heterocycles. The first-order valence-corrected chi connectivity index (χ1v) is 9.25. The van der Waals surface area contributed by atoms with Gasteiger partial charge in [0.05, 0.1) is 72.7 Å². The van der Waals surface area contributed by atoms with E-state index in [1.165, 1.54) is 0 Å². The van der Waals surface area contributed by atoms with Crippen LogP contribution in [0.25, 0.3) is 0 Å². The van der Waals surface area contributed by atoms with Crippen molar-refractivity contribution in [2.75, 3.05) is 86.9 Å². The van der Waals surface area contributed by atoms with Crippen LogP contribution in [0, 0.1) is 0 Å². The Morgan fingerprint density at radius 3 is 1.70 bits per heavy atom. The summed E-state index contributed by atoms with van der Waals surface area (Å²) in [5.74, 6) is 0.873. The molecule has 1 heterocycles. The quantitative estimate of drug-likeness (QED) is 0.302. The summed E-state index contributed by atoms with van der Waals surface area (Å²) in [5, 5.41) is 0. The van der Waals surface area contributed by atoms with E-state index in [0.717, 1.165) is 12.4 Å². The Kier molecular flexibility index (Phi) is 16.2. The highest BCUT2D eigenvalue weighted by Gasteiger charge is 2.03. The lowest BCUT2D eigenvalue weighted by molar-refractivity contribution is -0.000671. The summed E-state index contributed by atoms with van der Waals surface area (Å²) < 4.78 is 39.1. The molecule has 1 aromatic rings. The molecular formula is C18H34N2O7. The van der Waals surface area contributed by atoms with E-state index in [1.807, 2.05) is 10.8 Å². The van der Waals surface area contributed by atoms with E-state index in [-0.39, 0.29) is 0 Å². The summed E-state index contributed by atoms with van der Waals surface area (Å²) in [4.78, 5) is 4.31. The van der Waals surface area contributed by atoms with Crippen LogP contribution >= 0.6 is 0 Å². The molecule has 0 N–H and O–H groups in total. The van der Waals surface area contributed by atoms with Crippen molar-refractivity contribution in [3.05, 3.63) is 18.2 Å². The van der Waals surface area contributed by atoms with E-state index < -0.39 is 0 Å². The first-order valence-electron chi connectivity index (χ1n) is 9.25. The summed E-state index contributed by atoms with van der Waals surface area (Å²) in [7, 11) is 3.30. The van der Waals surface area contributed by atoms with Crippen molar-refractivity contribution in [3.8, 4) is 0 Å². The molecule has 0 fully saturated rings. The van der Waals surface area contributed by atoms with Crippen LogP contribution in [-0.2, 0) is 46.3 Å². The van der Waals surface area contributed by atoms with Gasteiger partial charge in [-0.1, -0.05) is 0 Å². The van der Waals surface area contributed by atoms with E-state index in [0.29, 0.717) is 79.3 Å². The molecule has 0 aliphatic carbocycles. The molecule has 9 nitrogen and oxygen atoms in total. The highest BCUT2D eigenvalue weighted by Crippen LogP contribution is 2.00. The average molecular weight is 390 g/mol. The van der Waals surface area contributed by atoms with Gasteiger partial charge in [0.1, 0.15) is 12.4 Å². The molecule has 0 bridgehead atoms. The fraction of sp³-hybridized carbons (Fsp3) is 0.833. The molecule has 1 rings (SSSR count). The molecule has 0 unspecified atom stereocenters. The number of methoxy groups -OCH3 is 2.